The number of likely N-dealkylation sites (N-methyl/N-ethyl adjacent to an activating group) is 1. The lowest BCUT2D eigenvalue weighted by molar-refractivity contribution is -0.721. The van der Waals surface area contributed by atoms with Crippen molar-refractivity contribution in [2.24, 2.45) is 4.99 Å². The van der Waals surface area contributed by atoms with Crippen molar-refractivity contribution in [1.82, 2.24) is 0 Å². The van der Waals surface area contributed by atoms with Crippen molar-refractivity contribution >= 4 is 17.7 Å². The first-order valence-corrected chi connectivity index (χ1v) is 4.51. The molecule has 0 aromatic carbocycles. The van der Waals surface area contributed by atoms with Gasteiger partial charge in [-0.25, -0.2) is 0 Å². The van der Waals surface area contributed by atoms with Crippen LogP contribution in [0.3, 0.4) is 0 Å². The lowest BCUT2D eigenvalue weighted by atomic mass is 10.3. The number of amides is 1. The fourth-order valence-corrected chi connectivity index (χ4v) is 1.17. The average Bonchev–Trinajstić information content (AvgIpc) is 2.09. The van der Waals surface area contributed by atoms with E-state index in [-0.39, 0.29) is 5.91 Å². The summed E-state index contributed by atoms with van der Waals surface area (Å²) in [7, 11) is 1.80. The summed E-state index contributed by atoms with van der Waals surface area (Å²) in [6, 6.07) is 0. The Kier molecular flexibility index (Phi) is 3.51. The molecule has 0 aromatic rings. The number of rotatable bonds is 1. The predicted octanol–water partition coefficient (Wildman–Crippen LogP) is -0.580. The quantitative estimate of drug-likeness (QED) is 0.588. The van der Waals surface area contributed by atoms with E-state index >= 15 is 0 Å². The van der Waals surface area contributed by atoms with Crippen LogP contribution in [-0.2, 0) is 14.3 Å². The van der Waals surface area contributed by atoms with E-state index in [0.29, 0.717) is 11.6 Å². The predicted molar refractivity (Wildman–Crippen MR) is 54.0 cm³/mol. The second kappa shape index (κ2) is 4.65. The number of hydrogen-bond acceptors (Lipinski definition) is 3. The van der Waals surface area contributed by atoms with Gasteiger partial charge in [0, 0.05) is 13.8 Å². The topological polar surface area (TPSA) is 60.2 Å². The largest absolute Gasteiger partial charge is 0.418 e. The average molecular weight is 209 g/mol. The molecule has 0 bridgehead atoms. The number of nitrogens with zero attached hydrogens (tertiary/aromatic N) is 1. The van der Waals surface area contributed by atoms with Crippen molar-refractivity contribution in [2.45, 2.75) is 13.8 Å². The number of nitrogens with one attached hydrogen (secondary N) is 1. The Morgan fingerprint density at radius 2 is 2.07 bits per heavy atom. The first-order chi connectivity index (χ1) is 7.00. The monoisotopic (exact) mass is 209 g/mol. The summed E-state index contributed by atoms with van der Waals surface area (Å²) in [5, 5.41) is 0. The van der Waals surface area contributed by atoms with E-state index in [2.05, 4.69) is 4.99 Å². The third kappa shape index (κ3) is 3.14. The van der Waals surface area contributed by atoms with Crippen LogP contribution in [-0.4, -0.2) is 24.8 Å². The van der Waals surface area contributed by atoms with Crippen LogP contribution in [0.4, 0.5) is 0 Å². The molecule has 1 unspecified atom stereocenters. The molecule has 1 rings (SSSR count). The summed E-state index contributed by atoms with van der Waals surface area (Å²) in [5.74, 6) is -0.0174. The second-order valence-electron chi connectivity index (χ2n) is 3.15. The van der Waals surface area contributed by atoms with E-state index in [4.69, 9.17) is 4.74 Å². The van der Waals surface area contributed by atoms with Crippen LogP contribution in [0.2, 0.25) is 0 Å². The molecule has 0 radical (unpaired) electrons. The van der Waals surface area contributed by atoms with E-state index in [1.54, 1.807) is 25.4 Å². The molecule has 1 atom stereocenters. The molecule has 1 N–H and O–H groups in total. The summed E-state index contributed by atoms with van der Waals surface area (Å²) in [4.78, 5) is 26.3. The summed E-state index contributed by atoms with van der Waals surface area (Å²) in [5.41, 5.74) is 0. The number of amidine groups is 1. The van der Waals surface area contributed by atoms with Crippen molar-refractivity contribution in [1.29, 1.82) is 0 Å². The van der Waals surface area contributed by atoms with Gasteiger partial charge in [0.05, 0.1) is 7.05 Å². The second-order valence-corrected chi connectivity index (χ2v) is 3.15. The first kappa shape index (κ1) is 11.3. The van der Waals surface area contributed by atoms with Crippen LogP contribution in [0, 0.1) is 0 Å². The van der Waals surface area contributed by atoms with Crippen molar-refractivity contribution in [3.63, 3.8) is 0 Å². The molecule has 5 heteroatoms. The number of hydrogen-bond donors (Lipinski definition) is 1. The molecule has 0 saturated carbocycles. The van der Waals surface area contributed by atoms with Gasteiger partial charge in [0.2, 0.25) is 11.7 Å². The number of allylic oxidation sites excluding steroid dienone is 2. The normalized spacial score (nSPS) is 22.5. The Morgan fingerprint density at radius 3 is 2.60 bits per heavy atom. The molecule has 0 fully saturated rings. The molecular formula is C10H13N2O3+. The number of carbonyl (C=O) groups excluding carboxylic acids is 2. The van der Waals surface area contributed by atoms with Gasteiger partial charge in [-0.3, -0.25) is 14.5 Å². The highest BCUT2D eigenvalue weighted by atomic mass is 16.5. The van der Waals surface area contributed by atoms with Crippen molar-refractivity contribution in [3.05, 3.63) is 24.1 Å². The summed E-state index contributed by atoms with van der Waals surface area (Å²) in [6.45, 7) is 2.66. The van der Waals surface area contributed by atoms with Crippen LogP contribution in [0.15, 0.2) is 29.1 Å². The molecule has 1 amide bonds. The van der Waals surface area contributed by atoms with Crippen molar-refractivity contribution < 1.29 is 19.2 Å². The molecule has 0 saturated heterocycles. The van der Waals surface area contributed by atoms with Crippen molar-refractivity contribution in [2.75, 3.05) is 7.05 Å². The van der Waals surface area contributed by atoms with Crippen LogP contribution >= 0.6 is 0 Å². The molecule has 80 valence electrons. The minimum Gasteiger partial charge on any atom is -0.418 e. The maximum absolute atomic E-state index is 10.9. The summed E-state index contributed by atoms with van der Waals surface area (Å²) < 4.78 is 4.94. The highest BCUT2D eigenvalue weighted by Gasteiger charge is 2.22. The van der Waals surface area contributed by atoms with Crippen LogP contribution in [0.1, 0.15) is 13.8 Å². The van der Waals surface area contributed by atoms with Gasteiger partial charge in [-0.15, -0.1) is 0 Å². The molecule has 1 aliphatic rings. The number of esters is 1. The number of ether oxygens (including phenoxy) is 1. The molecule has 15 heavy (non-hydrogen) atoms. The fraction of sp³-hybridized carbons (Fsp3) is 0.300. The summed E-state index contributed by atoms with van der Waals surface area (Å²) >= 11 is 0. The van der Waals surface area contributed by atoms with Crippen LogP contribution in [0.25, 0.3) is 0 Å². The zero-order chi connectivity index (χ0) is 11.4. The lowest BCUT2D eigenvalue weighted by Crippen LogP contribution is -3.08. The SMILES string of the molecule is CC(=O)N=C1C(OC(C)=O)=CC=C[NH+]1C. The Labute approximate surface area is 87.7 Å². The maximum Gasteiger partial charge on any atom is 0.308 e. The van der Waals surface area contributed by atoms with Gasteiger partial charge in [0.15, 0.2) is 0 Å². The van der Waals surface area contributed by atoms with Gasteiger partial charge in [0.1, 0.15) is 6.20 Å². The van der Waals surface area contributed by atoms with E-state index < -0.39 is 5.97 Å². The zero-order valence-electron chi connectivity index (χ0n) is 8.90. The third-order valence-corrected chi connectivity index (χ3v) is 1.72. The van der Waals surface area contributed by atoms with E-state index in [1.807, 2.05) is 0 Å². The standard InChI is InChI=1S/C10H12N2O3/c1-7(13)11-10-9(15-8(2)14)5-4-6-12(10)3/h4-6H,1-3H3/p+1. The minimum absolute atomic E-state index is 0.317. The zero-order valence-corrected chi connectivity index (χ0v) is 8.90. The highest BCUT2D eigenvalue weighted by molar-refractivity contribution is 5.99. The fourth-order valence-electron chi connectivity index (χ4n) is 1.17. The highest BCUT2D eigenvalue weighted by Crippen LogP contribution is 2.02. The Hall–Kier alpha value is -1.75. The number of aliphatic imine (C=N–C) groups is 1. The number of quaternary nitrogens is 1. The maximum atomic E-state index is 10.9. The third-order valence-electron chi connectivity index (χ3n) is 1.72. The lowest BCUT2D eigenvalue weighted by Gasteiger charge is -2.15. The Balaban J connectivity index is 2.99. The van der Waals surface area contributed by atoms with Gasteiger partial charge in [-0.2, -0.15) is 4.99 Å². The minimum atomic E-state index is -0.430. The van der Waals surface area contributed by atoms with Gasteiger partial charge in [0.25, 0.3) is 5.84 Å². The van der Waals surface area contributed by atoms with Crippen molar-refractivity contribution in [3.8, 4) is 0 Å². The van der Waals surface area contributed by atoms with E-state index in [0.717, 1.165) is 4.90 Å². The van der Waals surface area contributed by atoms with E-state index in [1.165, 1.54) is 13.8 Å². The van der Waals surface area contributed by atoms with Crippen LogP contribution < -0.4 is 4.90 Å². The summed E-state index contributed by atoms with van der Waals surface area (Å²) in [6.07, 6.45) is 5.15. The molecule has 0 aliphatic carbocycles. The van der Waals surface area contributed by atoms with Gasteiger partial charge < -0.3 is 4.74 Å². The van der Waals surface area contributed by atoms with Gasteiger partial charge in [-0.1, -0.05) is 0 Å². The molecule has 1 aliphatic heterocycles. The molecule has 0 aromatic heterocycles. The first-order valence-electron chi connectivity index (χ1n) is 4.51. The molecular weight excluding hydrogens is 196 g/mol. The van der Waals surface area contributed by atoms with Gasteiger partial charge in [-0.05, 0) is 12.2 Å². The Bertz CT molecular complexity index is 380. The molecule has 1 heterocycles. The van der Waals surface area contributed by atoms with Crippen LogP contribution in [0.5, 0.6) is 0 Å². The molecule has 0 spiro atoms. The van der Waals surface area contributed by atoms with E-state index in [9.17, 15) is 9.59 Å². The number of carbonyl (C=O) groups is 2. The Morgan fingerprint density at radius 1 is 1.40 bits per heavy atom. The smallest absolute Gasteiger partial charge is 0.308 e. The van der Waals surface area contributed by atoms with Gasteiger partial charge >= 0.3 is 5.97 Å². The molecule has 5 nitrogen and oxygen atoms in total.